The minimum absolute atomic E-state index is 0.137. The number of benzene rings is 1. The summed E-state index contributed by atoms with van der Waals surface area (Å²) >= 11 is 5.13. The molecule has 1 aromatic carbocycles. The topological polar surface area (TPSA) is 109 Å². The predicted octanol–water partition coefficient (Wildman–Crippen LogP) is 2.01. The van der Waals surface area contributed by atoms with Crippen molar-refractivity contribution in [1.82, 2.24) is 24.8 Å². The largest absolute Gasteiger partial charge is 0.352 e. The smallest absolute Gasteiger partial charge is 0.251 e. The number of nitrogens with zero attached hydrogens (tertiary/aromatic N) is 2. The molecule has 0 aliphatic carbocycles. The van der Waals surface area contributed by atoms with Crippen LogP contribution in [0.15, 0.2) is 29.2 Å². The molecule has 1 unspecified atom stereocenters. The van der Waals surface area contributed by atoms with Crippen LogP contribution in [0.5, 0.6) is 0 Å². The quantitative estimate of drug-likeness (QED) is 0.547. The zero-order valence-corrected chi connectivity index (χ0v) is 17.3. The highest BCUT2D eigenvalue weighted by molar-refractivity contribution is 7.89. The Morgan fingerprint density at radius 2 is 1.96 bits per heavy atom. The first-order valence-electron chi connectivity index (χ1n) is 8.83. The second-order valence-corrected chi connectivity index (χ2v) is 8.25. The molecule has 1 aromatic heterocycles. The maximum Gasteiger partial charge on any atom is 0.251 e. The van der Waals surface area contributed by atoms with Crippen molar-refractivity contribution < 1.29 is 13.2 Å². The molecular weight excluding hydrogens is 386 g/mol. The third-order valence-electron chi connectivity index (χ3n) is 4.18. The second-order valence-electron chi connectivity index (χ2n) is 6.15. The number of amides is 1. The van der Waals surface area contributed by atoms with Gasteiger partial charge >= 0.3 is 0 Å². The summed E-state index contributed by atoms with van der Waals surface area (Å²) in [5.41, 5.74) is 0.395. The number of hydrogen-bond acceptors (Lipinski definition) is 5. The fourth-order valence-corrected chi connectivity index (χ4v) is 4.07. The standard InChI is InChI=1S/C17H25N5O3S2/c1-4-12(3)21-27(24,25)14-8-6-13(7-9-14)16(23)18-11-10-15-19-20-17(26)22(15)5-2/h6-9,12,21H,4-5,10-11H2,1-3H3,(H,18,23)(H,20,26). The highest BCUT2D eigenvalue weighted by Crippen LogP contribution is 2.12. The Kier molecular flexibility index (Phi) is 7.28. The van der Waals surface area contributed by atoms with Gasteiger partial charge in [-0.1, -0.05) is 6.92 Å². The fourth-order valence-electron chi connectivity index (χ4n) is 2.46. The fraction of sp³-hybridized carbons (Fsp3) is 0.471. The van der Waals surface area contributed by atoms with Gasteiger partial charge in [-0.25, -0.2) is 13.1 Å². The molecule has 8 nitrogen and oxygen atoms in total. The first-order chi connectivity index (χ1) is 12.8. The van der Waals surface area contributed by atoms with Gasteiger partial charge in [0.05, 0.1) is 4.90 Å². The van der Waals surface area contributed by atoms with Gasteiger partial charge < -0.3 is 9.88 Å². The van der Waals surface area contributed by atoms with Crippen molar-refractivity contribution in [2.24, 2.45) is 0 Å². The van der Waals surface area contributed by atoms with Crippen LogP contribution in [0.2, 0.25) is 0 Å². The molecule has 27 heavy (non-hydrogen) atoms. The van der Waals surface area contributed by atoms with Crippen LogP contribution in [0.25, 0.3) is 0 Å². The molecule has 1 heterocycles. The van der Waals surface area contributed by atoms with E-state index in [1.807, 2.05) is 18.4 Å². The van der Waals surface area contributed by atoms with E-state index < -0.39 is 10.0 Å². The van der Waals surface area contributed by atoms with Crippen LogP contribution < -0.4 is 10.0 Å². The van der Waals surface area contributed by atoms with Gasteiger partial charge in [-0.2, -0.15) is 5.10 Å². The van der Waals surface area contributed by atoms with E-state index in [2.05, 4.69) is 20.2 Å². The number of carbonyl (C=O) groups excluding carboxylic acids is 1. The van der Waals surface area contributed by atoms with Crippen LogP contribution in [0.3, 0.4) is 0 Å². The number of rotatable bonds is 9. The first-order valence-corrected chi connectivity index (χ1v) is 10.7. The van der Waals surface area contributed by atoms with E-state index >= 15 is 0 Å². The molecule has 1 atom stereocenters. The van der Waals surface area contributed by atoms with Crippen LogP contribution in [0.1, 0.15) is 43.4 Å². The molecule has 1 amide bonds. The molecule has 0 bridgehead atoms. The lowest BCUT2D eigenvalue weighted by Gasteiger charge is -2.12. The average molecular weight is 412 g/mol. The molecule has 0 saturated heterocycles. The Bertz CT molecular complexity index is 932. The van der Waals surface area contributed by atoms with Crippen molar-refractivity contribution >= 4 is 28.1 Å². The van der Waals surface area contributed by atoms with Crippen molar-refractivity contribution in [1.29, 1.82) is 0 Å². The van der Waals surface area contributed by atoms with Gasteiger partial charge in [-0.3, -0.25) is 9.89 Å². The molecule has 0 fully saturated rings. The molecular formula is C17H25N5O3S2. The summed E-state index contributed by atoms with van der Waals surface area (Å²) in [4.78, 5) is 12.4. The molecule has 10 heteroatoms. The van der Waals surface area contributed by atoms with E-state index in [9.17, 15) is 13.2 Å². The van der Waals surface area contributed by atoms with E-state index in [-0.39, 0.29) is 16.8 Å². The SMILES string of the molecule is CCC(C)NS(=O)(=O)c1ccc(C(=O)NCCc2n[nH]c(=S)n2CC)cc1. The van der Waals surface area contributed by atoms with Gasteiger partial charge in [0.25, 0.3) is 5.91 Å². The highest BCUT2D eigenvalue weighted by atomic mass is 32.2. The van der Waals surface area contributed by atoms with Gasteiger partial charge in [0.2, 0.25) is 10.0 Å². The summed E-state index contributed by atoms with van der Waals surface area (Å²) in [6.07, 6.45) is 1.23. The first kappa shape index (κ1) is 21.3. The van der Waals surface area contributed by atoms with Crippen molar-refractivity contribution in [2.75, 3.05) is 6.54 Å². The number of H-pyrrole nitrogens is 1. The summed E-state index contributed by atoms with van der Waals surface area (Å²) < 4.78 is 29.5. The molecule has 3 N–H and O–H groups in total. The van der Waals surface area contributed by atoms with E-state index in [0.717, 1.165) is 5.82 Å². The average Bonchev–Trinajstić information content (AvgIpc) is 3.00. The number of aromatic nitrogens is 3. The lowest BCUT2D eigenvalue weighted by molar-refractivity contribution is 0.0953. The van der Waals surface area contributed by atoms with Gasteiger partial charge in [0, 0.05) is 31.1 Å². The number of sulfonamides is 1. The van der Waals surface area contributed by atoms with Crippen LogP contribution in [-0.2, 0) is 23.0 Å². The molecule has 0 spiro atoms. The summed E-state index contributed by atoms with van der Waals surface area (Å²) in [6.45, 7) is 6.78. The number of aromatic amines is 1. The molecule has 148 valence electrons. The monoisotopic (exact) mass is 411 g/mol. The van der Waals surface area contributed by atoms with Gasteiger partial charge in [0.1, 0.15) is 5.82 Å². The summed E-state index contributed by atoms with van der Waals surface area (Å²) in [7, 11) is -3.58. The number of nitrogens with one attached hydrogen (secondary N) is 3. The number of carbonyl (C=O) groups is 1. The van der Waals surface area contributed by atoms with Gasteiger partial charge in [-0.15, -0.1) is 0 Å². The van der Waals surface area contributed by atoms with E-state index in [4.69, 9.17) is 12.2 Å². The van der Waals surface area contributed by atoms with Crippen molar-refractivity contribution in [2.45, 2.75) is 51.1 Å². The third-order valence-corrected chi connectivity index (χ3v) is 6.10. The summed E-state index contributed by atoms with van der Waals surface area (Å²) in [5, 5.41) is 9.68. The Hall–Kier alpha value is -2.04. The lowest BCUT2D eigenvalue weighted by atomic mass is 10.2. The van der Waals surface area contributed by atoms with Crippen molar-refractivity contribution in [3.8, 4) is 0 Å². The third kappa shape index (κ3) is 5.47. The van der Waals surface area contributed by atoms with Gasteiger partial charge in [0.15, 0.2) is 4.77 Å². The Morgan fingerprint density at radius 1 is 1.30 bits per heavy atom. The van der Waals surface area contributed by atoms with E-state index in [0.29, 0.717) is 36.3 Å². The Morgan fingerprint density at radius 3 is 2.56 bits per heavy atom. The summed E-state index contributed by atoms with van der Waals surface area (Å²) in [6, 6.07) is 5.72. The number of hydrogen-bond donors (Lipinski definition) is 3. The summed E-state index contributed by atoms with van der Waals surface area (Å²) in [5.74, 6) is 0.506. The molecule has 0 radical (unpaired) electrons. The van der Waals surface area contributed by atoms with E-state index in [1.54, 1.807) is 6.92 Å². The van der Waals surface area contributed by atoms with Crippen LogP contribution in [0.4, 0.5) is 0 Å². The molecule has 2 aromatic rings. The predicted molar refractivity (Wildman–Crippen MR) is 106 cm³/mol. The zero-order chi connectivity index (χ0) is 20.0. The van der Waals surface area contributed by atoms with Crippen LogP contribution in [-0.4, -0.2) is 41.7 Å². The Balaban J connectivity index is 1.96. The van der Waals surface area contributed by atoms with Crippen molar-refractivity contribution in [3.05, 3.63) is 40.4 Å². The lowest BCUT2D eigenvalue weighted by Crippen LogP contribution is -2.32. The van der Waals surface area contributed by atoms with Crippen molar-refractivity contribution in [3.63, 3.8) is 0 Å². The maximum atomic E-state index is 12.2. The van der Waals surface area contributed by atoms with E-state index in [1.165, 1.54) is 24.3 Å². The highest BCUT2D eigenvalue weighted by Gasteiger charge is 2.17. The van der Waals surface area contributed by atoms with Crippen LogP contribution in [0, 0.1) is 4.77 Å². The van der Waals surface area contributed by atoms with Gasteiger partial charge in [-0.05, 0) is 56.8 Å². The molecule has 2 rings (SSSR count). The molecule has 0 saturated carbocycles. The van der Waals surface area contributed by atoms with Crippen LogP contribution >= 0.6 is 12.2 Å². The second kappa shape index (κ2) is 9.25. The zero-order valence-electron chi connectivity index (χ0n) is 15.7. The maximum absolute atomic E-state index is 12.2. The minimum Gasteiger partial charge on any atom is -0.352 e. The minimum atomic E-state index is -3.58. The molecule has 0 aliphatic heterocycles. The normalized spacial score (nSPS) is 12.7. The molecule has 0 aliphatic rings. The Labute approximate surface area is 164 Å².